The Labute approximate surface area is 140 Å². The summed E-state index contributed by atoms with van der Waals surface area (Å²) in [4.78, 5) is 15.4. The molecule has 0 spiro atoms. The normalized spacial score (nSPS) is 18.2. The molecule has 3 heterocycles. The second kappa shape index (κ2) is 5.76. The zero-order chi connectivity index (χ0) is 16.7. The number of benzene rings is 1. The first-order valence-electron chi connectivity index (χ1n) is 8.15. The van der Waals surface area contributed by atoms with Gasteiger partial charge in [0.1, 0.15) is 18.0 Å². The van der Waals surface area contributed by atoms with Crippen molar-refractivity contribution in [2.75, 3.05) is 30.3 Å². The SMILES string of the molecule is C[C@H]1CN(c2cccc3nc(-c4cncnc4N)n(C)c23)CCN1. The highest BCUT2D eigenvalue weighted by molar-refractivity contribution is 5.92. The number of aromatic nitrogens is 4. The molecule has 1 aliphatic heterocycles. The molecule has 0 radical (unpaired) electrons. The van der Waals surface area contributed by atoms with Gasteiger partial charge >= 0.3 is 0 Å². The number of rotatable bonds is 2. The molecule has 0 unspecified atom stereocenters. The number of anilines is 2. The molecule has 1 fully saturated rings. The highest BCUT2D eigenvalue weighted by Gasteiger charge is 2.21. The van der Waals surface area contributed by atoms with Crippen LogP contribution >= 0.6 is 0 Å². The van der Waals surface area contributed by atoms with Gasteiger partial charge in [-0.15, -0.1) is 0 Å². The maximum absolute atomic E-state index is 6.02. The quantitative estimate of drug-likeness (QED) is 0.742. The molecular weight excluding hydrogens is 302 g/mol. The number of aryl methyl sites for hydroxylation is 1. The molecular formula is C17H21N7. The number of hydrogen-bond acceptors (Lipinski definition) is 6. The van der Waals surface area contributed by atoms with Gasteiger partial charge in [0.05, 0.1) is 22.3 Å². The third-order valence-corrected chi connectivity index (χ3v) is 4.57. The highest BCUT2D eigenvalue weighted by atomic mass is 15.2. The van der Waals surface area contributed by atoms with Crippen LogP contribution in [0.4, 0.5) is 11.5 Å². The van der Waals surface area contributed by atoms with Crippen LogP contribution in [0, 0.1) is 0 Å². The molecule has 0 amide bonds. The van der Waals surface area contributed by atoms with Gasteiger partial charge in [0.15, 0.2) is 0 Å². The molecule has 7 heteroatoms. The summed E-state index contributed by atoms with van der Waals surface area (Å²) in [5.74, 6) is 1.24. The predicted octanol–water partition coefficient (Wildman–Crippen LogP) is 1.41. The first-order valence-corrected chi connectivity index (χ1v) is 8.15. The first-order chi connectivity index (χ1) is 11.6. The number of nitrogens with one attached hydrogen (secondary N) is 1. The van der Waals surface area contributed by atoms with Gasteiger partial charge in [0, 0.05) is 38.9 Å². The number of piperazine rings is 1. The van der Waals surface area contributed by atoms with Gasteiger partial charge in [-0.05, 0) is 19.1 Å². The molecule has 1 saturated heterocycles. The van der Waals surface area contributed by atoms with E-state index in [0.717, 1.165) is 42.1 Å². The van der Waals surface area contributed by atoms with Gasteiger partial charge in [-0.2, -0.15) is 0 Å². The fourth-order valence-electron chi connectivity index (χ4n) is 3.41. The van der Waals surface area contributed by atoms with Crippen molar-refractivity contribution in [3.05, 3.63) is 30.7 Å². The Kier molecular flexibility index (Phi) is 3.57. The van der Waals surface area contributed by atoms with E-state index in [2.05, 4.69) is 43.8 Å². The van der Waals surface area contributed by atoms with Gasteiger partial charge in [0.2, 0.25) is 0 Å². The third kappa shape index (κ3) is 2.37. The maximum Gasteiger partial charge on any atom is 0.146 e. The lowest BCUT2D eigenvalue weighted by Gasteiger charge is -2.34. The third-order valence-electron chi connectivity index (χ3n) is 4.57. The smallest absolute Gasteiger partial charge is 0.146 e. The Morgan fingerprint density at radius 3 is 3.00 bits per heavy atom. The summed E-state index contributed by atoms with van der Waals surface area (Å²) in [6, 6.07) is 6.73. The Morgan fingerprint density at radius 2 is 2.21 bits per heavy atom. The van der Waals surface area contributed by atoms with Crippen molar-refractivity contribution in [2.45, 2.75) is 13.0 Å². The van der Waals surface area contributed by atoms with Crippen molar-refractivity contribution >= 4 is 22.5 Å². The molecule has 1 atom stereocenters. The first kappa shape index (κ1) is 14.9. The molecule has 3 N–H and O–H groups in total. The topological polar surface area (TPSA) is 84.9 Å². The van der Waals surface area contributed by atoms with E-state index >= 15 is 0 Å². The zero-order valence-corrected chi connectivity index (χ0v) is 13.9. The van der Waals surface area contributed by atoms with E-state index in [4.69, 9.17) is 10.7 Å². The van der Waals surface area contributed by atoms with Crippen LogP contribution in [0.25, 0.3) is 22.4 Å². The average molecular weight is 323 g/mol. The number of nitrogens with two attached hydrogens (primary N) is 1. The fraction of sp³-hybridized carbons (Fsp3) is 0.353. The minimum absolute atomic E-state index is 0.445. The summed E-state index contributed by atoms with van der Waals surface area (Å²) < 4.78 is 2.09. The molecule has 3 aromatic rings. The standard InChI is InChI=1S/C17H21N7/c1-11-9-24(7-6-20-11)14-5-3-4-13-15(14)23(2)17(22-13)12-8-19-10-21-16(12)18/h3-5,8,10-11,20H,6-7,9H2,1-2H3,(H2,18,19,21)/t11-/m0/s1. The number of nitrogen functional groups attached to an aromatic ring is 1. The molecule has 24 heavy (non-hydrogen) atoms. The molecule has 0 aliphatic carbocycles. The summed E-state index contributed by atoms with van der Waals surface area (Å²) in [5, 5.41) is 3.49. The van der Waals surface area contributed by atoms with Crippen LogP contribution in [0.2, 0.25) is 0 Å². The zero-order valence-electron chi connectivity index (χ0n) is 13.9. The van der Waals surface area contributed by atoms with Crippen LogP contribution < -0.4 is 16.0 Å². The molecule has 2 aromatic heterocycles. The van der Waals surface area contributed by atoms with Crippen molar-refractivity contribution in [3.8, 4) is 11.4 Å². The Bertz CT molecular complexity index is 886. The van der Waals surface area contributed by atoms with Crippen molar-refractivity contribution in [1.82, 2.24) is 24.8 Å². The lowest BCUT2D eigenvalue weighted by molar-refractivity contribution is 0.485. The van der Waals surface area contributed by atoms with E-state index in [1.165, 1.54) is 12.0 Å². The minimum Gasteiger partial charge on any atom is -0.383 e. The van der Waals surface area contributed by atoms with Crippen LogP contribution in [-0.2, 0) is 7.05 Å². The lowest BCUT2D eigenvalue weighted by atomic mass is 10.2. The molecule has 1 aliphatic rings. The van der Waals surface area contributed by atoms with Gasteiger partial charge < -0.3 is 20.5 Å². The van der Waals surface area contributed by atoms with Crippen molar-refractivity contribution in [3.63, 3.8) is 0 Å². The predicted molar refractivity (Wildman–Crippen MR) is 95.8 cm³/mol. The Hall–Kier alpha value is -2.67. The number of hydrogen-bond donors (Lipinski definition) is 2. The van der Waals surface area contributed by atoms with Gasteiger partial charge in [-0.25, -0.2) is 15.0 Å². The van der Waals surface area contributed by atoms with E-state index in [9.17, 15) is 0 Å². The second-order valence-corrected chi connectivity index (χ2v) is 6.26. The molecule has 7 nitrogen and oxygen atoms in total. The van der Waals surface area contributed by atoms with Gasteiger partial charge in [-0.3, -0.25) is 0 Å². The largest absolute Gasteiger partial charge is 0.383 e. The monoisotopic (exact) mass is 323 g/mol. The Balaban J connectivity index is 1.87. The summed E-state index contributed by atoms with van der Waals surface area (Å²) in [6.07, 6.45) is 3.17. The van der Waals surface area contributed by atoms with Crippen LogP contribution in [0.5, 0.6) is 0 Å². The van der Waals surface area contributed by atoms with Crippen molar-refractivity contribution in [1.29, 1.82) is 0 Å². The summed E-state index contributed by atoms with van der Waals surface area (Å²) in [6.45, 7) is 5.17. The summed E-state index contributed by atoms with van der Waals surface area (Å²) >= 11 is 0. The van der Waals surface area contributed by atoms with Crippen LogP contribution in [0.1, 0.15) is 6.92 Å². The number of para-hydroxylation sites is 1. The molecule has 124 valence electrons. The Morgan fingerprint density at radius 1 is 1.33 bits per heavy atom. The molecule has 0 bridgehead atoms. The van der Waals surface area contributed by atoms with Crippen LogP contribution in [0.15, 0.2) is 30.7 Å². The van der Waals surface area contributed by atoms with E-state index in [1.807, 2.05) is 13.1 Å². The lowest BCUT2D eigenvalue weighted by Crippen LogP contribution is -2.49. The highest BCUT2D eigenvalue weighted by Crippen LogP contribution is 2.32. The van der Waals surface area contributed by atoms with Crippen LogP contribution in [-0.4, -0.2) is 45.2 Å². The molecule has 1 aromatic carbocycles. The second-order valence-electron chi connectivity index (χ2n) is 6.26. The van der Waals surface area contributed by atoms with E-state index in [1.54, 1.807) is 6.20 Å². The fourth-order valence-corrected chi connectivity index (χ4v) is 3.41. The van der Waals surface area contributed by atoms with E-state index in [-0.39, 0.29) is 0 Å². The molecule has 0 saturated carbocycles. The number of fused-ring (bicyclic) bond motifs is 1. The van der Waals surface area contributed by atoms with Gasteiger partial charge in [0.25, 0.3) is 0 Å². The molecule has 4 rings (SSSR count). The van der Waals surface area contributed by atoms with Crippen molar-refractivity contribution < 1.29 is 0 Å². The minimum atomic E-state index is 0.445. The van der Waals surface area contributed by atoms with E-state index < -0.39 is 0 Å². The van der Waals surface area contributed by atoms with E-state index in [0.29, 0.717) is 11.9 Å². The number of nitrogens with zero attached hydrogens (tertiary/aromatic N) is 5. The van der Waals surface area contributed by atoms with Crippen molar-refractivity contribution in [2.24, 2.45) is 7.05 Å². The summed E-state index contributed by atoms with van der Waals surface area (Å²) in [5.41, 5.74) is 10.1. The summed E-state index contributed by atoms with van der Waals surface area (Å²) in [7, 11) is 2.02. The van der Waals surface area contributed by atoms with Crippen LogP contribution in [0.3, 0.4) is 0 Å². The maximum atomic E-state index is 6.02. The average Bonchev–Trinajstić information content (AvgIpc) is 2.92. The van der Waals surface area contributed by atoms with Gasteiger partial charge in [-0.1, -0.05) is 6.07 Å². The number of imidazole rings is 1.